The van der Waals surface area contributed by atoms with Gasteiger partial charge in [-0.15, -0.1) is 0 Å². The Balaban J connectivity index is 0.000000249. The fourth-order valence-electron chi connectivity index (χ4n) is 8.17. The van der Waals surface area contributed by atoms with Crippen LogP contribution in [0.25, 0.3) is 33.0 Å². The average Bonchev–Trinajstić information content (AvgIpc) is 0.879. The summed E-state index contributed by atoms with van der Waals surface area (Å²) in [6, 6.07) is 54.5. The van der Waals surface area contributed by atoms with Crippen LogP contribution in [0.2, 0.25) is 50.2 Å². The van der Waals surface area contributed by atoms with E-state index in [-0.39, 0.29) is 11.5 Å². The molecular formula is C72H63Cl10N12O4P. The Labute approximate surface area is 625 Å². The third kappa shape index (κ3) is 30.6. The lowest BCUT2D eigenvalue weighted by Crippen LogP contribution is -2.14. The molecule has 0 saturated heterocycles. The van der Waals surface area contributed by atoms with Crippen molar-refractivity contribution in [3.8, 4) is 5.75 Å². The third-order valence-electron chi connectivity index (χ3n) is 13.1. The molecule has 4 unspecified atom stereocenters. The molecule has 0 spiro atoms. The number of carbonyl (C=O) groups excluding carboxylic acids is 1. The zero-order valence-electron chi connectivity index (χ0n) is 52.7. The summed E-state index contributed by atoms with van der Waals surface area (Å²) in [6.07, 6.45) is 23.0. The second-order valence-electron chi connectivity index (χ2n) is 20.0. The second kappa shape index (κ2) is 47.2. The van der Waals surface area contributed by atoms with E-state index >= 15 is 0 Å². The normalized spacial score (nSPS) is 11.2. The summed E-state index contributed by atoms with van der Waals surface area (Å²) in [7, 11) is -1.05. The van der Waals surface area contributed by atoms with Gasteiger partial charge in [-0.3, -0.25) is 29.7 Å². The van der Waals surface area contributed by atoms with Crippen molar-refractivity contribution in [3.05, 3.63) is 371 Å². The second-order valence-corrected chi connectivity index (χ2v) is 25.3. The maximum atomic E-state index is 10.2. The number of hydrogen-bond acceptors (Lipinski definition) is 11. The van der Waals surface area contributed by atoms with Gasteiger partial charge >= 0.3 is 0 Å². The summed E-state index contributed by atoms with van der Waals surface area (Å²) in [6.45, 7) is 3.80. The quantitative estimate of drug-likeness (QED) is 0.0306. The van der Waals surface area contributed by atoms with E-state index in [0.29, 0.717) is 86.9 Å². The molecule has 11 aromatic rings. The Morgan fingerprint density at radius 1 is 0.475 bits per heavy atom. The number of aromatic nitrogens is 5. The number of pyridine rings is 5. The van der Waals surface area contributed by atoms with Gasteiger partial charge in [-0.1, -0.05) is 212 Å². The van der Waals surface area contributed by atoms with E-state index in [1.807, 2.05) is 140 Å². The van der Waals surface area contributed by atoms with Crippen molar-refractivity contribution >= 4 is 143 Å². The fourth-order valence-corrected chi connectivity index (χ4v) is 10.8. The Morgan fingerprint density at radius 3 is 1.32 bits per heavy atom. The lowest BCUT2D eigenvalue weighted by molar-refractivity contribution is 0.112. The highest BCUT2D eigenvalue weighted by Crippen LogP contribution is 2.37. The predicted molar refractivity (Wildman–Crippen MR) is 410 cm³/mol. The first-order valence-corrected chi connectivity index (χ1v) is 34.5. The number of aliphatic hydroxyl groups excluding tert-OH is 1. The van der Waals surface area contributed by atoms with Gasteiger partial charge in [0.25, 0.3) is 0 Å². The van der Waals surface area contributed by atoms with E-state index < -0.39 is 20.4 Å². The standard InChI is InChI=1S/C13H10Cl2N4.C13H12Cl2N2.C13H11Cl2NO.C13H9Cl2N.C7H4Cl2O.C7H8N3OP.C6H7N.H2O/c14-11-3-1-2-10(13(11)15)12(18-19-16)8-9-4-6-17-7-5-9;14-11-3-1-2-10(13(11)15)12(16)8-9-4-6-17-7-5-9;14-11-3-1-2-10(13(11)15)12(17)8-9-4-6-16-7-5-9;14-12-3-1-2-11(13(12)15)5-4-10-6-8-16-9-7-10;8-6-3-1-2-5(4-10)7(6)9;1-12(10-9-8)11-7-5-3-2-4-6-7;1-6-2-4-7-5-3-6;/h1-7,12H,8H2;1-7,12H,8,16H2;1-7,12,17H,8H2;1-9H;1-4H;2-6H,1H3;2-5H,1H3;1H2. The maximum Gasteiger partial charge on any atom is 0.176 e. The van der Waals surface area contributed by atoms with Crippen LogP contribution in [0.4, 0.5) is 0 Å². The number of benzene rings is 6. The van der Waals surface area contributed by atoms with Crippen molar-refractivity contribution in [2.24, 2.45) is 15.7 Å². The molecule has 4 atom stereocenters. The molecule has 5 aromatic heterocycles. The van der Waals surface area contributed by atoms with E-state index in [2.05, 4.69) is 44.7 Å². The molecule has 0 aliphatic rings. The molecule has 0 aliphatic carbocycles. The first kappa shape index (κ1) is 83.5. The number of nitrogens with two attached hydrogens (primary N) is 1. The van der Waals surface area contributed by atoms with Gasteiger partial charge in [0.05, 0.1) is 62.4 Å². The average molecular weight is 1550 g/mol. The molecule has 0 aliphatic heterocycles. The van der Waals surface area contributed by atoms with Crippen LogP contribution < -0.4 is 10.3 Å². The Kier molecular flexibility index (Phi) is 39.8. The molecule has 99 heavy (non-hydrogen) atoms. The number of aldehydes is 1. The molecule has 510 valence electrons. The highest BCUT2D eigenvalue weighted by atomic mass is 35.5. The molecule has 5 heterocycles. The van der Waals surface area contributed by atoms with Gasteiger partial charge in [0.2, 0.25) is 0 Å². The summed E-state index contributed by atoms with van der Waals surface area (Å²) < 4.78 is 5.30. The van der Waals surface area contributed by atoms with Crippen LogP contribution in [0, 0.1) is 6.92 Å². The van der Waals surface area contributed by atoms with Gasteiger partial charge in [0.15, 0.2) is 14.6 Å². The smallest absolute Gasteiger partial charge is 0.176 e. The SMILES string of the molecule is CP(N=[N+]=[N-])Oc1ccccc1.Cc1ccncc1.Clc1cccc(C=Cc2ccncc2)c1Cl.NC(Cc1ccncc1)c1cccc(Cl)c1Cl.O.O=Cc1cccc(Cl)c1Cl.OC(Cc1ccncc1)c1cccc(Cl)c1Cl.[N-]=[N+]=NC(Cc1ccncc1)c1cccc(Cl)c1Cl. The van der Waals surface area contributed by atoms with Gasteiger partial charge in [-0.05, 0) is 190 Å². The van der Waals surface area contributed by atoms with Crippen LogP contribution in [0.15, 0.2) is 254 Å². The minimum Gasteiger partial charge on any atom is -0.468 e. The first-order chi connectivity index (χ1) is 47.3. The highest BCUT2D eigenvalue weighted by molar-refractivity contribution is 7.50. The van der Waals surface area contributed by atoms with Crippen LogP contribution in [-0.2, 0) is 19.3 Å². The van der Waals surface area contributed by atoms with Gasteiger partial charge in [0, 0.05) is 95.4 Å². The molecule has 5 N–H and O–H groups in total. The van der Waals surface area contributed by atoms with E-state index in [4.69, 9.17) is 137 Å². The number of halogens is 10. The first-order valence-electron chi connectivity index (χ1n) is 29.1. The molecule has 27 heteroatoms. The Hall–Kier alpha value is -7.89. The topological polar surface area (TPSA) is 266 Å². The summed E-state index contributed by atoms with van der Waals surface area (Å²) in [5, 5.41) is 18.6. The van der Waals surface area contributed by atoms with E-state index in [1.165, 1.54) is 5.56 Å². The number of hydrogen-bond donors (Lipinski definition) is 2. The van der Waals surface area contributed by atoms with E-state index in [1.54, 1.807) is 129 Å². The minimum absolute atomic E-state index is 0. The van der Waals surface area contributed by atoms with Crippen LogP contribution in [0.5, 0.6) is 5.75 Å². The fraction of sp³-hybridized carbons (Fsp3) is 0.111. The minimum atomic E-state index is -1.05. The molecule has 6 aromatic carbocycles. The van der Waals surface area contributed by atoms with E-state index in [9.17, 15) is 9.90 Å². The van der Waals surface area contributed by atoms with Crippen molar-refractivity contribution in [2.45, 2.75) is 44.4 Å². The molecule has 0 amide bonds. The van der Waals surface area contributed by atoms with Gasteiger partial charge in [-0.2, -0.15) is 0 Å². The number of para-hydroxylation sites is 1. The monoisotopic (exact) mass is 1540 g/mol. The summed E-state index contributed by atoms with van der Waals surface area (Å²) in [5.74, 6) is 0.735. The molecular weight excluding hydrogens is 1480 g/mol. The lowest BCUT2D eigenvalue weighted by Gasteiger charge is -2.14. The molecule has 16 nitrogen and oxygen atoms in total. The molecule has 0 fully saturated rings. The number of aliphatic hydroxyl groups is 1. The van der Waals surface area contributed by atoms with Crippen LogP contribution in [-0.4, -0.2) is 48.5 Å². The van der Waals surface area contributed by atoms with Crippen molar-refractivity contribution in [2.75, 3.05) is 6.66 Å². The van der Waals surface area contributed by atoms with Crippen LogP contribution in [0.1, 0.15) is 78.6 Å². The summed E-state index contributed by atoms with van der Waals surface area (Å²) in [4.78, 5) is 38.9. The van der Waals surface area contributed by atoms with E-state index in [0.717, 1.165) is 44.7 Å². The largest absolute Gasteiger partial charge is 0.468 e. The summed E-state index contributed by atoms with van der Waals surface area (Å²) in [5.41, 5.74) is 32.0. The maximum absolute atomic E-state index is 10.2. The van der Waals surface area contributed by atoms with Gasteiger partial charge in [-0.25, -0.2) is 0 Å². The molecule has 0 radical (unpaired) electrons. The third-order valence-corrected chi connectivity index (χ3v) is 18.0. The van der Waals surface area contributed by atoms with Crippen LogP contribution >= 0.6 is 124 Å². The number of azide groups is 2. The van der Waals surface area contributed by atoms with Crippen molar-refractivity contribution in [1.29, 1.82) is 0 Å². The summed E-state index contributed by atoms with van der Waals surface area (Å²) >= 11 is 59.4. The Morgan fingerprint density at radius 2 is 0.869 bits per heavy atom. The van der Waals surface area contributed by atoms with Crippen LogP contribution in [0.3, 0.4) is 0 Å². The van der Waals surface area contributed by atoms with Crippen molar-refractivity contribution in [1.82, 2.24) is 24.9 Å². The zero-order chi connectivity index (χ0) is 71.0. The van der Waals surface area contributed by atoms with Crippen molar-refractivity contribution < 1.29 is 19.9 Å². The molecule has 11 rings (SSSR count). The molecule has 0 saturated carbocycles. The lowest BCUT2D eigenvalue weighted by atomic mass is 10.0. The molecule has 0 bridgehead atoms. The van der Waals surface area contributed by atoms with Gasteiger partial charge < -0.3 is 20.8 Å². The number of aryl methyl sites for hydroxylation is 1. The Bertz CT molecular complexity index is 4230. The van der Waals surface area contributed by atoms with Crippen molar-refractivity contribution in [3.63, 3.8) is 0 Å². The zero-order valence-corrected chi connectivity index (χ0v) is 61.1. The number of carbonyl (C=O) groups is 1. The van der Waals surface area contributed by atoms with Gasteiger partial charge in [0.1, 0.15) is 5.75 Å². The highest BCUT2D eigenvalue weighted by Gasteiger charge is 2.17. The number of nitrogens with zero attached hydrogens (tertiary/aromatic N) is 11. The predicted octanol–water partition coefficient (Wildman–Crippen LogP) is 23.5. The number of rotatable bonds is 16.